The maximum Gasteiger partial charge on any atom is 0.391 e. The van der Waals surface area contributed by atoms with Gasteiger partial charge in [-0.2, -0.15) is 13.2 Å². The van der Waals surface area contributed by atoms with Crippen LogP contribution in [0.5, 0.6) is 0 Å². The molecule has 0 atom stereocenters. The van der Waals surface area contributed by atoms with Gasteiger partial charge in [-0.15, -0.1) is 0 Å². The molecular formula is C25H26F3N5O2. The number of fused-ring (bicyclic) bond motifs is 1. The van der Waals surface area contributed by atoms with Gasteiger partial charge in [0.25, 0.3) is 11.5 Å². The molecule has 2 aromatic carbocycles. The Kier molecular flexibility index (Phi) is 6.12. The number of para-hydroxylation sites is 1. The van der Waals surface area contributed by atoms with Gasteiger partial charge in [0.05, 0.1) is 16.8 Å². The van der Waals surface area contributed by atoms with Crippen LogP contribution >= 0.6 is 0 Å². The van der Waals surface area contributed by atoms with E-state index >= 15 is 0 Å². The number of halogens is 3. The molecule has 0 saturated carbocycles. The maximum absolute atomic E-state index is 13.0. The number of rotatable bonds is 3. The third-order valence-corrected chi connectivity index (χ3v) is 6.90. The van der Waals surface area contributed by atoms with Crippen molar-refractivity contribution in [3.63, 3.8) is 0 Å². The molecule has 1 aromatic heterocycles. The number of nitrogens with one attached hydrogen (secondary N) is 1. The van der Waals surface area contributed by atoms with Crippen molar-refractivity contribution in [2.24, 2.45) is 5.92 Å². The molecule has 2 aliphatic rings. The molecule has 0 spiro atoms. The van der Waals surface area contributed by atoms with Gasteiger partial charge in [0.2, 0.25) is 5.95 Å². The van der Waals surface area contributed by atoms with Crippen LogP contribution in [0, 0.1) is 5.92 Å². The van der Waals surface area contributed by atoms with Crippen molar-refractivity contribution in [1.82, 2.24) is 14.9 Å². The van der Waals surface area contributed by atoms with Crippen molar-refractivity contribution in [3.8, 4) is 0 Å². The number of hydrogen-bond acceptors (Lipinski definition) is 5. The van der Waals surface area contributed by atoms with E-state index in [1.165, 1.54) is 0 Å². The van der Waals surface area contributed by atoms with E-state index in [1.54, 1.807) is 47.4 Å². The van der Waals surface area contributed by atoms with Crippen molar-refractivity contribution in [1.29, 1.82) is 0 Å². The van der Waals surface area contributed by atoms with E-state index in [1.807, 2.05) is 15.9 Å². The Balaban J connectivity index is 1.19. The number of carbonyl (C=O) groups is 1. The first-order chi connectivity index (χ1) is 16.8. The lowest BCUT2D eigenvalue weighted by Crippen LogP contribution is -2.49. The van der Waals surface area contributed by atoms with Crippen LogP contribution in [-0.4, -0.2) is 66.2 Å². The first kappa shape index (κ1) is 23.2. The monoisotopic (exact) mass is 485 g/mol. The van der Waals surface area contributed by atoms with Crippen molar-refractivity contribution >= 4 is 28.4 Å². The van der Waals surface area contributed by atoms with Gasteiger partial charge in [-0.25, -0.2) is 4.98 Å². The molecule has 3 aromatic rings. The summed E-state index contributed by atoms with van der Waals surface area (Å²) in [5, 5.41) is 0.540. The van der Waals surface area contributed by atoms with Gasteiger partial charge in [0, 0.05) is 50.5 Å². The van der Waals surface area contributed by atoms with Gasteiger partial charge in [-0.1, -0.05) is 12.1 Å². The van der Waals surface area contributed by atoms with Crippen LogP contribution in [0.4, 0.5) is 24.8 Å². The smallest absolute Gasteiger partial charge is 0.372 e. The van der Waals surface area contributed by atoms with E-state index in [0.717, 1.165) is 5.69 Å². The SMILES string of the molecule is O=C(c1ccc(N2CCC(C(F)(F)F)CC2)cc1)N1CCN(c2nc3ccccc3c(=O)[nH]2)CC1. The second-order valence-electron chi connectivity index (χ2n) is 9.04. The molecule has 10 heteroatoms. The highest BCUT2D eigenvalue weighted by molar-refractivity contribution is 5.94. The minimum atomic E-state index is -4.13. The number of carbonyl (C=O) groups excluding carboxylic acids is 1. The highest BCUT2D eigenvalue weighted by Gasteiger charge is 2.41. The molecule has 2 fully saturated rings. The van der Waals surface area contributed by atoms with Crippen molar-refractivity contribution in [3.05, 3.63) is 64.4 Å². The fourth-order valence-electron chi connectivity index (χ4n) is 4.81. The quantitative estimate of drug-likeness (QED) is 0.613. The van der Waals surface area contributed by atoms with Gasteiger partial charge >= 0.3 is 6.18 Å². The minimum Gasteiger partial charge on any atom is -0.372 e. The van der Waals surface area contributed by atoms with Crippen LogP contribution in [-0.2, 0) is 0 Å². The Bertz CT molecular complexity index is 1260. The largest absolute Gasteiger partial charge is 0.391 e. The lowest BCUT2D eigenvalue weighted by molar-refractivity contribution is -0.179. The molecule has 0 radical (unpaired) electrons. The predicted molar refractivity (Wildman–Crippen MR) is 128 cm³/mol. The first-order valence-corrected chi connectivity index (χ1v) is 11.7. The summed E-state index contributed by atoms with van der Waals surface area (Å²) in [5.41, 5.74) is 1.82. The van der Waals surface area contributed by atoms with Crippen LogP contribution in [0.1, 0.15) is 23.2 Å². The van der Waals surface area contributed by atoms with E-state index in [4.69, 9.17) is 0 Å². The summed E-state index contributed by atoms with van der Waals surface area (Å²) in [5.74, 6) is -0.827. The molecule has 2 saturated heterocycles. The zero-order valence-corrected chi connectivity index (χ0v) is 19.1. The number of anilines is 2. The molecule has 1 amide bonds. The predicted octanol–water partition coefficient (Wildman–Crippen LogP) is 3.66. The van der Waals surface area contributed by atoms with Gasteiger partial charge < -0.3 is 14.7 Å². The highest BCUT2D eigenvalue weighted by atomic mass is 19.4. The average molecular weight is 486 g/mol. The fraction of sp³-hybridized carbons (Fsp3) is 0.400. The molecule has 2 aliphatic heterocycles. The number of aromatic amines is 1. The summed E-state index contributed by atoms with van der Waals surface area (Å²) in [6, 6.07) is 14.3. The summed E-state index contributed by atoms with van der Waals surface area (Å²) in [7, 11) is 0. The number of amides is 1. The second kappa shape index (κ2) is 9.24. The molecular weight excluding hydrogens is 459 g/mol. The molecule has 3 heterocycles. The molecule has 7 nitrogen and oxygen atoms in total. The summed E-state index contributed by atoms with van der Waals surface area (Å²) >= 11 is 0. The Morgan fingerprint density at radius 3 is 2.20 bits per heavy atom. The van der Waals surface area contributed by atoms with Crippen molar-refractivity contribution < 1.29 is 18.0 Å². The summed E-state index contributed by atoms with van der Waals surface area (Å²) in [6.45, 7) is 2.76. The highest BCUT2D eigenvalue weighted by Crippen LogP contribution is 2.35. The van der Waals surface area contributed by atoms with Crippen molar-refractivity contribution in [2.75, 3.05) is 49.1 Å². The summed E-state index contributed by atoms with van der Waals surface area (Å²) < 4.78 is 38.7. The van der Waals surface area contributed by atoms with E-state index in [2.05, 4.69) is 9.97 Å². The molecule has 0 bridgehead atoms. The molecule has 5 rings (SSSR count). The zero-order valence-electron chi connectivity index (χ0n) is 19.1. The normalized spacial score (nSPS) is 17.7. The number of nitrogens with zero attached hydrogens (tertiary/aromatic N) is 4. The molecule has 0 aliphatic carbocycles. The zero-order chi connectivity index (χ0) is 24.6. The van der Waals surface area contributed by atoms with Gasteiger partial charge in [0.15, 0.2) is 0 Å². The van der Waals surface area contributed by atoms with Crippen LogP contribution < -0.4 is 15.4 Å². The number of piperazine rings is 1. The van der Waals surface area contributed by atoms with Crippen LogP contribution in [0.25, 0.3) is 10.9 Å². The molecule has 184 valence electrons. The number of benzene rings is 2. The lowest BCUT2D eigenvalue weighted by atomic mass is 9.96. The topological polar surface area (TPSA) is 72.5 Å². The molecule has 0 unspecified atom stereocenters. The standard InChI is InChI=1S/C25H26F3N5O2/c26-25(27,28)18-9-11-31(12-10-18)19-7-5-17(6-8-19)23(35)32-13-15-33(16-14-32)24-29-21-4-2-1-3-20(21)22(34)30-24/h1-8,18H,9-16H2,(H,29,30,34). The number of alkyl halides is 3. The fourth-order valence-corrected chi connectivity index (χ4v) is 4.81. The van der Waals surface area contributed by atoms with E-state index in [9.17, 15) is 22.8 Å². The van der Waals surface area contributed by atoms with Crippen LogP contribution in [0.2, 0.25) is 0 Å². The maximum atomic E-state index is 13.0. The van der Waals surface area contributed by atoms with E-state index in [0.29, 0.717) is 61.7 Å². The molecule has 35 heavy (non-hydrogen) atoms. The Labute approximate surface area is 200 Å². The second-order valence-corrected chi connectivity index (χ2v) is 9.04. The summed E-state index contributed by atoms with van der Waals surface area (Å²) in [4.78, 5) is 38.4. The van der Waals surface area contributed by atoms with Crippen LogP contribution in [0.3, 0.4) is 0 Å². The van der Waals surface area contributed by atoms with Gasteiger partial charge in [-0.05, 0) is 49.2 Å². The number of piperidine rings is 1. The van der Waals surface area contributed by atoms with Crippen LogP contribution in [0.15, 0.2) is 53.3 Å². The number of hydrogen-bond donors (Lipinski definition) is 1. The Morgan fingerprint density at radius 1 is 0.886 bits per heavy atom. The minimum absolute atomic E-state index is 0.0891. The number of H-pyrrole nitrogens is 1. The summed E-state index contributed by atoms with van der Waals surface area (Å²) in [6.07, 6.45) is -3.95. The van der Waals surface area contributed by atoms with Gasteiger partial charge in [0.1, 0.15) is 0 Å². The van der Waals surface area contributed by atoms with E-state index in [-0.39, 0.29) is 24.3 Å². The Morgan fingerprint density at radius 2 is 1.54 bits per heavy atom. The van der Waals surface area contributed by atoms with Gasteiger partial charge in [-0.3, -0.25) is 14.6 Å². The number of aromatic nitrogens is 2. The molecule has 1 N–H and O–H groups in total. The van der Waals surface area contributed by atoms with Crippen molar-refractivity contribution in [2.45, 2.75) is 19.0 Å². The van der Waals surface area contributed by atoms with E-state index < -0.39 is 12.1 Å². The third-order valence-electron chi connectivity index (χ3n) is 6.90. The average Bonchev–Trinajstić information content (AvgIpc) is 2.88. The third kappa shape index (κ3) is 4.82. The first-order valence-electron chi connectivity index (χ1n) is 11.7. The Hall–Kier alpha value is -3.56. The lowest BCUT2D eigenvalue weighted by Gasteiger charge is -2.35.